The lowest BCUT2D eigenvalue weighted by Crippen LogP contribution is -2.30. The molecule has 0 radical (unpaired) electrons. The number of hydrogen-bond donors (Lipinski definition) is 0. The molecule has 3 heteroatoms. The molecule has 2 aliphatic rings. The number of fused-ring (bicyclic) bond motifs is 3. The molecule has 0 saturated heterocycles. The van der Waals surface area contributed by atoms with E-state index in [2.05, 4.69) is 54.0 Å². The maximum Gasteiger partial charge on any atom is 0.216 e. The molecule has 2 fully saturated rings. The Kier molecular flexibility index (Phi) is 5.65. The molecule has 2 nitrogen and oxygen atoms in total. The average Bonchev–Trinajstić information content (AvgIpc) is 3.54. The van der Waals surface area contributed by atoms with E-state index in [0.29, 0.717) is 22.5 Å². The van der Waals surface area contributed by atoms with E-state index in [1.807, 2.05) is 31.4 Å². The van der Waals surface area contributed by atoms with E-state index >= 15 is 4.39 Å². The van der Waals surface area contributed by atoms with Gasteiger partial charge in [0.25, 0.3) is 0 Å². The number of halogens is 1. The van der Waals surface area contributed by atoms with Crippen LogP contribution in [-0.4, -0.2) is 0 Å². The predicted octanol–water partition coefficient (Wildman–Crippen LogP) is 9.41. The van der Waals surface area contributed by atoms with Crippen molar-refractivity contribution in [1.29, 1.82) is 0 Å². The van der Waals surface area contributed by atoms with Gasteiger partial charge in [0.05, 0.1) is 11.1 Å². The second kappa shape index (κ2) is 9.08. The summed E-state index contributed by atoms with van der Waals surface area (Å²) in [5, 5.41) is 1.97. The van der Waals surface area contributed by atoms with Crippen LogP contribution in [-0.2, 0) is 7.05 Å². The molecule has 5 aromatic rings. The number of hydrogen-bond acceptors (Lipinski definition) is 1. The first-order chi connectivity index (χ1) is 18.5. The van der Waals surface area contributed by atoms with Crippen molar-refractivity contribution in [2.45, 2.75) is 64.2 Å². The maximum atomic E-state index is 15.5. The highest BCUT2D eigenvalue weighted by Gasteiger charge is 2.37. The number of rotatable bonds is 3. The van der Waals surface area contributed by atoms with Crippen LogP contribution >= 0.6 is 0 Å². The van der Waals surface area contributed by atoms with Crippen molar-refractivity contribution < 1.29 is 13.4 Å². The van der Waals surface area contributed by atoms with Crippen LogP contribution in [0.4, 0.5) is 4.39 Å². The van der Waals surface area contributed by atoms with Gasteiger partial charge in [-0.3, -0.25) is 0 Å². The van der Waals surface area contributed by atoms with Crippen LogP contribution < -0.4 is 4.57 Å². The molecule has 2 aliphatic carbocycles. The first-order valence-electron chi connectivity index (χ1n) is 14.2. The van der Waals surface area contributed by atoms with E-state index in [-0.39, 0.29) is 5.82 Å². The van der Waals surface area contributed by atoms with E-state index in [1.54, 1.807) is 6.07 Å². The first-order valence-corrected chi connectivity index (χ1v) is 14.2. The van der Waals surface area contributed by atoms with Crippen molar-refractivity contribution in [2.75, 3.05) is 0 Å². The summed E-state index contributed by atoms with van der Waals surface area (Å²) >= 11 is 0. The molecular weight excluding hydrogens is 469 g/mol. The van der Waals surface area contributed by atoms with Gasteiger partial charge in [-0.15, -0.1) is 0 Å². The Bertz CT molecular complexity index is 1650. The van der Waals surface area contributed by atoms with Gasteiger partial charge < -0.3 is 4.42 Å². The van der Waals surface area contributed by atoms with Gasteiger partial charge in [-0.1, -0.05) is 49.2 Å². The van der Waals surface area contributed by atoms with Gasteiger partial charge in [0.1, 0.15) is 24.0 Å². The van der Waals surface area contributed by atoms with Crippen LogP contribution in [0.3, 0.4) is 0 Å². The lowest BCUT2D eigenvalue weighted by atomic mass is 9.68. The van der Waals surface area contributed by atoms with Crippen molar-refractivity contribution in [3.05, 3.63) is 89.9 Å². The van der Waals surface area contributed by atoms with Gasteiger partial charge in [0.2, 0.25) is 5.69 Å². The number of pyridine rings is 1. The zero-order valence-electron chi connectivity index (χ0n) is 22.4. The standard InChI is InChI=1S/C35H35FNO/c1-23-8-13-27-28-14-15-29(36)32(34(28)38-33(27)31(23)30-7-3-6-22-37(30)2)26-11-9-24(10-12-26)25-16-20-35(21-17-25)18-4-5-19-35/h3,6-15,22,25H,4-5,16-21H2,1-2H3/q+1. The molecule has 0 N–H and O–H groups in total. The number of aromatic nitrogens is 1. The molecule has 2 heterocycles. The van der Waals surface area contributed by atoms with Crippen molar-refractivity contribution in [3.63, 3.8) is 0 Å². The van der Waals surface area contributed by atoms with E-state index in [0.717, 1.165) is 38.7 Å². The van der Waals surface area contributed by atoms with Gasteiger partial charge in [0, 0.05) is 22.9 Å². The number of nitrogens with zero attached hydrogens (tertiary/aromatic N) is 1. The summed E-state index contributed by atoms with van der Waals surface area (Å²) in [5.74, 6) is 0.382. The fourth-order valence-corrected chi connectivity index (χ4v) is 7.46. The molecular formula is C35H35FNO+. The van der Waals surface area contributed by atoms with Crippen molar-refractivity contribution >= 4 is 21.9 Å². The molecule has 1 spiro atoms. The molecule has 38 heavy (non-hydrogen) atoms. The fraction of sp³-hybridized carbons (Fsp3) is 0.343. The van der Waals surface area contributed by atoms with E-state index in [9.17, 15) is 0 Å². The molecule has 0 unspecified atom stereocenters. The highest BCUT2D eigenvalue weighted by molar-refractivity contribution is 6.13. The minimum atomic E-state index is -0.242. The lowest BCUT2D eigenvalue weighted by molar-refractivity contribution is -0.660. The third kappa shape index (κ3) is 3.78. The molecule has 7 rings (SSSR count). The Morgan fingerprint density at radius 2 is 1.47 bits per heavy atom. The van der Waals surface area contributed by atoms with Gasteiger partial charge in [-0.2, -0.15) is 0 Å². The highest BCUT2D eigenvalue weighted by atomic mass is 19.1. The van der Waals surface area contributed by atoms with Gasteiger partial charge in [-0.25, -0.2) is 8.96 Å². The van der Waals surface area contributed by atoms with E-state index in [4.69, 9.17) is 4.42 Å². The Morgan fingerprint density at radius 1 is 0.789 bits per heavy atom. The molecule has 0 bridgehead atoms. The summed E-state index contributed by atoms with van der Waals surface area (Å²) in [4.78, 5) is 0. The second-order valence-electron chi connectivity index (χ2n) is 11.8. The first kappa shape index (κ1) is 23.6. The lowest BCUT2D eigenvalue weighted by Gasteiger charge is -2.37. The third-order valence-electron chi connectivity index (χ3n) is 9.66. The second-order valence-corrected chi connectivity index (χ2v) is 11.8. The Labute approximate surface area is 224 Å². The van der Waals surface area contributed by atoms with Crippen molar-refractivity contribution in [2.24, 2.45) is 12.5 Å². The van der Waals surface area contributed by atoms with Crippen LogP contribution in [0.1, 0.15) is 68.4 Å². The Hall–Kier alpha value is -3.46. The number of furan rings is 1. The minimum Gasteiger partial charge on any atom is -0.454 e. The molecule has 0 amide bonds. The smallest absolute Gasteiger partial charge is 0.216 e. The monoisotopic (exact) mass is 504 g/mol. The topological polar surface area (TPSA) is 17.0 Å². The number of benzene rings is 3. The van der Waals surface area contributed by atoms with Gasteiger partial charge in [0.15, 0.2) is 6.20 Å². The van der Waals surface area contributed by atoms with Crippen LogP contribution in [0.2, 0.25) is 0 Å². The molecule has 192 valence electrons. The van der Waals surface area contributed by atoms with Crippen molar-refractivity contribution in [1.82, 2.24) is 0 Å². The summed E-state index contributed by atoms with van der Waals surface area (Å²) in [5.41, 5.74) is 8.18. The molecule has 0 atom stereocenters. The fourth-order valence-electron chi connectivity index (χ4n) is 7.46. The van der Waals surface area contributed by atoms with Crippen LogP contribution in [0.15, 0.2) is 77.3 Å². The van der Waals surface area contributed by atoms with Gasteiger partial charge >= 0.3 is 0 Å². The minimum absolute atomic E-state index is 0.242. The summed E-state index contributed by atoms with van der Waals surface area (Å²) in [7, 11) is 2.04. The van der Waals surface area contributed by atoms with Crippen LogP contribution in [0.25, 0.3) is 44.3 Å². The zero-order chi connectivity index (χ0) is 25.9. The van der Waals surface area contributed by atoms with Gasteiger partial charge in [-0.05, 0) is 91.7 Å². The Morgan fingerprint density at radius 3 is 2.18 bits per heavy atom. The SMILES string of the molecule is Cc1ccc2c(oc3c(-c4ccc(C5CCC6(CCCC6)CC5)cc4)c(F)ccc32)c1-c1cccc[n+]1C. The van der Waals surface area contributed by atoms with E-state index in [1.165, 1.54) is 56.9 Å². The normalized spacial score (nSPS) is 17.7. The summed E-state index contributed by atoms with van der Waals surface area (Å²) in [6.45, 7) is 2.11. The quantitative estimate of drug-likeness (QED) is 0.224. The third-order valence-corrected chi connectivity index (χ3v) is 9.66. The number of aryl methyl sites for hydroxylation is 2. The Balaban J connectivity index is 1.29. The average molecular weight is 505 g/mol. The maximum absolute atomic E-state index is 15.5. The molecule has 2 saturated carbocycles. The largest absolute Gasteiger partial charge is 0.454 e. The zero-order valence-corrected chi connectivity index (χ0v) is 22.4. The van der Waals surface area contributed by atoms with Crippen LogP contribution in [0.5, 0.6) is 0 Å². The molecule has 3 aromatic carbocycles. The predicted molar refractivity (Wildman–Crippen MR) is 153 cm³/mol. The van der Waals surface area contributed by atoms with Crippen molar-refractivity contribution in [3.8, 4) is 22.4 Å². The van der Waals surface area contributed by atoms with Crippen LogP contribution in [0, 0.1) is 18.2 Å². The molecule has 2 aromatic heterocycles. The highest BCUT2D eigenvalue weighted by Crippen LogP contribution is 2.52. The summed E-state index contributed by atoms with van der Waals surface area (Å²) in [6, 6.07) is 22.5. The molecule has 0 aliphatic heterocycles. The van der Waals surface area contributed by atoms with E-state index < -0.39 is 0 Å². The summed E-state index contributed by atoms with van der Waals surface area (Å²) < 4.78 is 24.2. The summed E-state index contributed by atoms with van der Waals surface area (Å²) in [6.07, 6.45) is 13.1.